The van der Waals surface area contributed by atoms with Gasteiger partial charge in [-0.05, 0) is 109 Å². The number of rotatable bonds is 4. The Hall–Kier alpha value is -6.81. The lowest BCUT2D eigenvalue weighted by Gasteiger charge is -2.40. The Morgan fingerprint density at radius 1 is 0.439 bits per heavy atom. The minimum Gasteiger partial charge on any atom is -0.228 e. The summed E-state index contributed by atoms with van der Waals surface area (Å²) in [6.45, 7) is 0. The molecule has 0 atom stereocenters. The molecule has 2 aliphatic carbocycles. The third kappa shape index (κ3) is 4.92. The molecule has 0 saturated heterocycles. The van der Waals surface area contributed by atoms with Crippen molar-refractivity contribution < 1.29 is 0 Å². The number of nitrogens with zero attached hydrogens (tertiary/aromatic N) is 2. The monoisotopic (exact) mass is 742 g/mol. The summed E-state index contributed by atoms with van der Waals surface area (Å²) < 4.78 is 0. The minimum absolute atomic E-state index is 0.402. The average molecular weight is 743 g/mol. The van der Waals surface area contributed by atoms with Crippen LogP contribution in [0.2, 0.25) is 0 Å². The van der Waals surface area contributed by atoms with Crippen LogP contribution in [0, 0.1) is 0 Å². The molecule has 12 rings (SSSR count). The molecule has 57 heavy (non-hydrogen) atoms. The third-order valence-corrected chi connectivity index (χ3v) is 13.3. The predicted molar refractivity (Wildman–Crippen MR) is 235 cm³/mol. The maximum Gasteiger partial charge on any atom is 0.160 e. The van der Waals surface area contributed by atoms with Crippen LogP contribution < -0.4 is 0 Å². The van der Waals surface area contributed by atoms with Gasteiger partial charge in [0.25, 0.3) is 0 Å². The van der Waals surface area contributed by atoms with E-state index in [0.29, 0.717) is 5.82 Å². The van der Waals surface area contributed by atoms with Crippen LogP contribution in [0.4, 0.5) is 0 Å². The van der Waals surface area contributed by atoms with Crippen LogP contribution in [0.5, 0.6) is 0 Å². The first-order valence-corrected chi connectivity index (χ1v) is 20.4. The van der Waals surface area contributed by atoms with Gasteiger partial charge in [-0.2, -0.15) is 0 Å². The van der Waals surface area contributed by atoms with E-state index in [-0.39, 0.29) is 0 Å². The molecule has 1 aromatic heterocycles. The molecule has 8 aromatic carbocycles. The van der Waals surface area contributed by atoms with Crippen molar-refractivity contribution in [3.8, 4) is 56.2 Å². The quantitative estimate of drug-likeness (QED) is 0.180. The summed E-state index contributed by atoms with van der Waals surface area (Å²) in [6, 6.07) is 66.6. The zero-order valence-electron chi connectivity index (χ0n) is 31.0. The summed E-state index contributed by atoms with van der Waals surface area (Å²) in [6.07, 6.45) is 5.48. The highest BCUT2D eigenvalue weighted by atomic mass is 32.2. The van der Waals surface area contributed by atoms with E-state index >= 15 is 0 Å². The second-order valence-electron chi connectivity index (χ2n) is 15.2. The molecule has 0 unspecified atom stereocenters. The second kappa shape index (κ2) is 12.6. The first-order chi connectivity index (χ1) is 28.2. The average Bonchev–Trinajstić information content (AvgIpc) is 3.57. The van der Waals surface area contributed by atoms with Crippen molar-refractivity contribution in [3.05, 3.63) is 221 Å². The highest BCUT2D eigenvalue weighted by Crippen LogP contribution is 2.62. The van der Waals surface area contributed by atoms with Gasteiger partial charge in [-0.25, -0.2) is 9.97 Å². The Morgan fingerprint density at radius 2 is 1.09 bits per heavy atom. The minimum atomic E-state index is -0.402. The predicted octanol–water partition coefficient (Wildman–Crippen LogP) is 13.7. The van der Waals surface area contributed by atoms with Gasteiger partial charge in [0, 0.05) is 26.5 Å². The lowest BCUT2D eigenvalue weighted by molar-refractivity contribution is 0.723. The van der Waals surface area contributed by atoms with Crippen molar-refractivity contribution in [2.45, 2.75) is 21.6 Å². The third-order valence-electron chi connectivity index (χ3n) is 12.1. The van der Waals surface area contributed by atoms with Crippen LogP contribution in [-0.4, -0.2) is 9.97 Å². The Morgan fingerprint density at radius 3 is 1.88 bits per heavy atom. The van der Waals surface area contributed by atoms with E-state index in [4.69, 9.17) is 9.97 Å². The molecule has 0 fully saturated rings. The topological polar surface area (TPSA) is 25.8 Å². The van der Waals surface area contributed by atoms with Gasteiger partial charge in [0.1, 0.15) is 0 Å². The van der Waals surface area contributed by atoms with Gasteiger partial charge in [-0.3, -0.25) is 0 Å². The summed E-state index contributed by atoms with van der Waals surface area (Å²) >= 11 is 1.88. The molecule has 266 valence electrons. The fourth-order valence-corrected chi connectivity index (χ4v) is 10.8. The summed E-state index contributed by atoms with van der Waals surface area (Å²) in [5.41, 5.74) is 17.6. The first kappa shape index (κ1) is 32.4. The number of aromatic nitrogens is 2. The van der Waals surface area contributed by atoms with Crippen molar-refractivity contribution in [2.75, 3.05) is 0 Å². The van der Waals surface area contributed by atoms with Crippen molar-refractivity contribution in [1.29, 1.82) is 0 Å². The van der Waals surface area contributed by atoms with E-state index in [2.05, 4.69) is 188 Å². The van der Waals surface area contributed by atoms with E-state index in [0.717, 1.165) is 40.1 Å². The smallest absolute Gasteiger partial charge is 0.160 e. The number of benzene rings is 8. The van der Waals surface area contributed by atoms with Gasteiger partial charge in [0.15, 0.2) is 5.82 Å². The van der Waals surface area contributed by atoms with Gasteiger partial charge in [0.05, 0.1) is 16.8 Å². The van der Waals surface area contributed by atoms with E-state index in [1.54, 1.807) is 0 Å². The van der Waals surface area contributed by atoms with E-state index < -0.39 is 5.41 Å². The van der Waals surface area contributed by atoms with Crippen LogP contribution in [0.1, 0.15) is 33.4 Å². The molecule has 1 aliphatic heterocycles. The Kier molecular flexibility index (Phi) is 7.17. The van der Waals surface area contributed by atoms with Gasteiger partial charge < -0.3 is 0 Å². The normalized spacial score (nSPS) is 13.9. The highest BCUT2D eigenvalue weighted by molar-refractivity contribution is 7.99. The van der Waals surface area contributed by atoms with Crippen LogP contribution in [0.25, 0.3) is 73.0 Å². The molecule has 1 spiro atoms. The van der Waals surface area contributed by atoms with Crippen molar-refractivity contribution >= 4 is 28.6 Å². The molecule has 2 heterocycles. The summed E-state index contributed by atoms with van der Waals surface area (Å²) in [5, 5.41) is 2.59. The molecule has 0 radical (unpaired) electrons. The largest absolute Gasteiger partial charge is 0.228 e. The molecule has 3 heteroatoms. The molecular formula is C54H34N2S. The Balaban J connectivity index is 0.985. The van der Waals surface area contributed by atoms with E-state index in [1.165, 1.54) is 70.6 Å². The van der Waals surface area contributed by atoms with Crippen LogP contribution in [0.15, 0.2) is 198 Å². The summed E-state index contributed by atoms with van der Waals surface area (Å²) in [5.74, 6) is 0.715. The lowest BCUT2D eigenvalue weighted by atomic mass is 9.67. The first-order valence-electron chi connectivity index (χ1n) is 19.6. The van der Waals surface area contributed by atoms with Crippen LogP contribution in [0.3, 0.4) is 0 Å². The zero-order valence-corrected chi connectivity index (χ0v) is 31.8. The standard InChI is InChI=1S/C54H34N2S/c1-2-12-35(13-3-1)48-33-49(41-30-39-16-10-14-36-15-11-17-40(31-41)52(36)39)56-53(55-48)37-26-24-34(25-27-37)38-28-29-51-47(32-38)54(46-22-8-9-23-50(46)57-51)44-20-6-4-18-42(44)43-19-5-7-21-45(43)54/h1-14,16-33H,15H2. The van der Waals surface area contributed by atoms with E-state index in [1.807, 2.05) is 17.8 Å². The molecule has 0 N–H and O–H groups in total. The fraction of sp³-hybridized carbons (Fsp3) is 0.0370. The van der Waals surface area contributed by atoms with Crippen molar-refractivity contribution in [1.82, 2.24) is 9.97 Å². The summed E-state index contributed by atoms with van der Waals surface area (Å²) in [4.78, 5) is 13.0. The zero-order chi connectivity index (χ0) is 37.5. The summed E-state index contributed by atoms with van der Waals surface area (Å²) in [7, 11) is 0. The van der Waals surface area contributed by atoms with Crippen LogP contribution in [-0.2, 0) is 11.8 Å². The van der Waals surface area contributed by atoms with Crippen LogP contribution >= 0.6 is 11.8 Å². The molecule has 3 aliphatic rings. The number of fused-ring (bicyclic) bond motifs is 9. The maximum absolute atomic E-state index is 5.26. The number of hydrogen-bond acceptors (Lipinski definition) is 3. The van der Waals surface area contributed by atoms with Crippen molar-refractivity contribution in [2.24, 2.45) is 0 Å². The maximum atomic E-state index is 5.26. The fourth-order valence-electron chi connectivity index (χ4n) is 9.63. The lowest BCUT2D eigenvalue weighted by Crippen LogP contribution is -2.32. The molecule has 2 nitrogen and oxygen atoms in total. The van der Waals surface area contributed by atoms with Gasteiger partial charge in [-0.1, -0.05) is 170 Å². The Labute approximate surface area is 336 Å². The Bertz CT molecular complexity index is 3080. The highest BCUT2D eigenvalue weighted by Gasteiger charge is 2.50. The van der Waals surface area contributed by atoms with Gasteiger partial charge in [-0.15, -0.1) is 0 Å². The molecule has 0 bridgehead atoms. The second-order valence-corrected chi connectivity index (χ2v) is 16.3. The molecule has 0 saturated carbocycles. The molecule has 9 aromatic rings. The number of hydrogen-bond donors (Lipinski definition) is 0. The molecular weight excluding hydrogens is 709 g/mol. The molecule has 0 amide bonds. The SMILES string of the molecule is C1=Cc2cc(-c3cc(-c4ccccc4)nc(-c4ccc(-c5ccc6c(c5)C5(c7ccccc7S6)c6ccccc6-c6ccccc65)cc4)n3)cc3cccc(c23)C1. The van der Waals surface area contributed by atoms with Gasteiger partial charge >= 0.3 is 0 Å². The van der Waals surface area contributed by atoms with E-state index in [9.17, 15) is 0 Å². The van der Waals surface area contributed by atoms with Crippen molar-refractivity contribution in [3.63, 3.8) is 0 Å². The van der Waals surface area contributed by atoms with Gasteiger partial charge in [0.2, 0.25) is 0 Å². The number of allylic oxidation sites excluding steroid dienone is 1.